The molecule has 0 radical (unpaired) electrons. The first-order valence-electron chi connectivity index (χ1n) is 6.18. The molecule has 1 heterocycles. The third-order valence-electron chi connectivity index (χ3n) is 2.92. The predicted molar refractivity (Wildman–Crippen MR) is 85.2 cm³/mol. The van der Waals surface area contributed by atoms with Crippen LogP contribution in [-0.2, 0) is 6.42 Å². The Bertz CT molecular complexity index is 590. The molecule has 0 saturated heterocycles. The number of nitrogens with two attached hydrogens (primary N) is 1. The van der Waals surface area contributed by atoms with E-state index in [1.807, 2.05) is 36.8 Å². The molecule has 100 valence electrons. The fraction of sp³-hybridized carbons (Fsp3) is 0.286. The highest BCUT2D eigenvalue weighted by atomic mass is 32.2. The first-order valence-corrected chi connectivity index (χ1v) is 7.81. The zero-order chi connectivity index (χ0) is 13.8. The van der Waals surface area contributed by atoms with Crippen LogP contribution in [0.4, 0.5) is 0 Å². The van der Waals surface area contributed by atoms with Crippen molar-refractivity contribution in [3.63, 3.8) is 0 Å². The van der Waals surface area contributed by atoms with Gasteiger partial charge in [-0.05, 0) is 24.8 Å². The first kappa shape index (κ1) is 14.1. The molecule has 0 atom stereocenters. The maximum atomic E-state index is 5.91. The molecular formula is C14H17N3S2. The molecule has 0 saturated carbocycles. The zero-order valence-electron chi connectivity index (χ0n) is 11.1. The van der Waals surface area contributed by atoms with Crippen molar-refractivity contribution in [1.29, 1.82) is 0 Å². The zero-order valence-corrected chi connectivity index (χ0v) is 12.7. The van der Waals surface area contributed by atoms with Crippen molar-refractivity contribution in [3.05, 3.63) is 42.0 Å². The van der Waals surface area contributed by atoms with E-state index in [0.717, 1.165) is 34.8 Å². The Kier molecular flexibility index (Phi) is 4.61. The molecule has 0 aliphatic rings. The van der Waals surface area contributed by atoms with Crippen molar-refractivity contribution in [2.24, 2.45) is 5.73 Å². The smallest absolute Gasteiger partial charge is 0.113 e. The van der Waals surface area contributed by atoms with Crippen molar-refractivity contribution < 1.29 is 0 Å². The lowest BCUT2D eigenvalue weighted by atomic mass is 10.1. The van der Waals surface area contributed by atoms with E-state index in [4.69, 9.17) is 18.0 Å². The maximum Gasteiger partial charge on any atom is 0.113 e. The summed E-state index contributed by atoms with van der Waals surface area (Å²) in [6.07, 6.45) is 7.81. The van der Waals surface area contributed by atoms with Gasteiger partial charge in [0.1, 0.15) is 10.8 Å². The predicted octanol–water partition coefficient (Wildman–Crippen LogP) is 3.18. The van der Waals surface area contributed by atoms with Crippen molar-refractivity contribution in [2.45, 2.75) is 24.7 Å². The average molecular weight is 291 g/mol. The van der Waals surface area contributed by atoms with E-state index in [2.05, 4.69) is 16.5 Å². The van der Waals surface area contributed by atoms with Gasteiger partial charge in [-0.2, -0.15) is 0 Å². The molecular weight excluding hydrogens is 274 g/mol. The molecule has 0 unspecified atom stereocenters. The topological polar surface area (TPSA) is 43.8 Å². The number of aryl methyl sites for hydroxylation is 1. The van der Waals surface area contributed by atoms with Crippen LogP contribution >= 0.6 is 24.0 Å². The summed E-state index contributed by atoms with van der Waals surface area (Å²) in [6.45, 7) is 2.14. The highest BCUT2D eigenvalue weighted by Gasteiger charge is 2.14. The number of aromatic nitrogens is 2. The normalized spacial score (nSPS) is 10.6. The minimum absolute atomic E-state index is 0.427. The summed E-state index contributed by atoms with van der Waals surface area (Å²) >= 11 is 6.87. The van der Waals surface area contributed by atoms with Crippen molar-refractivity contribution in [3.8, 4) is 5.69 Å². The Hall–Kier alpha value is -1.33. The highest BCUT2D eigenvalue weighted by Crippen LogP contribution is 2.27. The fourth-order valence-corrected chi connectivity index (χ4v) is 3.01. The Morgan fingerprint density at radius 2 is 2.26 bits per heavy atom. The maximum absolute atomic E-state index is 5.91. The van der Waals surface area contributed by atoms with Crippen molar-refractivity contribution >= 4 is 29.0 Å². The van der Waals surface area contributed by atoms with Gasteiger partial charge in [-0.1, -0.05) is 25.2 Å². The quantitative estimate of drug-likeness (QED) is 0.679. The summed E-state index contributed by atoms with van der Waals surface area (Å²) in [7, 11) is 0. The molecule has 0 fully saturated rings. The molecule has 19 heavy (non-hydrogen) atoms. The van der Waals surface area contributed by atoms with Gasteiger partial charge in [0, 0.05) is 29.3 Å². The summed E-state index contributed by atoms with van der Waals surface area (Å²) in [5.74, 6) is 1.04. The minimum Gasteiger partial charge on any atom is -0.389 e. The highest BCUT2D eigenvalue weighted by molar-refractivity contribution is 7.98. The first-order chi connectivity index (χ1) is 9.19. The fourth-order valence-electron chi connectivity index (χ4n) is 2.10. The number of thiocarbonyl (C=S) groups is 1. The van der Waals surface area contributed by atoms with E-state index in [-0.39, 0.29) is 0 Å². The summed E-state index contributed by atoms with van der Waals surface area (Å²) < 4.78 is 2.08. The Morgan fingerprint density at radius 1 is 1.47 bits per heavy atom. The Labute approximate surface area is 123 Å². The van der Waals surface area contributed by atoms with Gasteiger partial charge < -0.3 is 10.3 Å². The van der Waals surface area contributed by atoms with Gasteiger partial charge in [0.05, 0.1) is 5.69 Å². The molecule has 3 nitrogen and oxygen atoms in total. The van der Waals surface area contributed by atoms with Crippen LogP contribution in [0.15, 0.2) is 35.5 Å². The van der Waals surface area contributed by atoms with E-state index in [9.17, 15) is 0 Å². The van der Waals surface area contributed by atoms with Crippen LogP contribution in [-0.4, -0.2) is 20.8 Å². The lowest BCUT2D eigenvalue weighted by Crippen LogP contribution is -2.15. The summed E-state index contributed by atoms with van der Waals surface area (Å²) in [5, 5.41) is 0. The van der Waals surface area contributed by atoms with Crippen LogP contribution in [0.3, 0.4) is 0 Å². The molecule has 1 aromatic heterocycles. The molecule has 2 aromatic rings. The van der Waals surface area contributed by atoms with Gasteiger partial charge in [0.15, 0.2) is 0 Å². The standard InChI is InChI=1S/C14H17N3S2/c1-3-5-12-16-8-9-17(12)10-6-4-7-11(19-2)13(10)14(15)18/h4,6-9H,3,5H2,1-2H3,(H2,15,18). The van der Waals surface area contributed by atoms with Crippen LogP contribution < -0.4 is 5.73 Å². The molecule has 0 spiro atoms. The molecule has 5 heteroatoms. The van der Waals surface area contributed by atoms with E-state index < -0.39 is 0 Å². The Morgan fingerprint density at radius 3 is 2.89 bits per heavy atom. The van der Waals surface area contributed by atoms with Crippen LogP contribution in [0.1, 0.15) is 24.7 Å². The number of benzene rings is 1. The largest absolute Gasteiger partial charge is 0.389 e. The van der Waals surface area contributed by atoms with E-state index in [0.29, 0.717) is 4.99 Å². The van der Waals surface area contributed by atoms with Crippen LogP contribution in [0.2, 0.25) is 0 Å². The number of rotatable bonds is 5. The molecule has 0 aliphatic carbocycles. The molecule has 2 rings (SSSR count). The third kappa shape index (κ3) is 2.82. The van der Waals surface area contributed by atoms with Crippen LogP contribution in [0.5, 0.6) is 0 Å². The van der Waals surface area contributed by atoms with Gasteiger partial charge in [0.25, 0.3) is 0 Å². The molecule has 0 amide bonds. The van der Waals surface area contributed by atoms with Crippen molar-refractivity contribution in [2.75, 3.05) is 6.26 Å². The second-order valence-electron chi connectivity index (χ2n) is 4.18. The number of imidazole rings is 1. The van der Waals surface area contributed by atoms with E-state index in [1.165, 1.54) is 0 Å². The van der Waals surface area contributed by atoms with E-state index in [1.54, 1.807) is 11.8 Å². The molecule has 0 bridgehead atoms. The van der Waals surface area contributed by atoms with Gasteiger partial charge in [-0.3, -0.25) is 0 Å². The third-order valence-corrected chi connectivity index (χ3v) is 3.91. The van der Waals surface area contributed by atoms with E-state index >= 15 is 0 Å². The monoisotopic (exact) mass is 291 g/mol. The molecule has 2 N–H and O–H groups in total. The SMILES string of the molecule is CCCc1nccn1-c1cccc(SC)c1C(N)=S. The number of nitrogens with zero attached hydrogens (tertiary/aromatic N) is 2. The lowest BCUT2D eigenvalue weighted by Gasteiger charge is -2.15. The number of hydrogen-bond donors (Lipinski definition) is 1. The molecule has 0 aliphatic heterocycles. The second kappa shape index (κ2) is 6.21. The Balaban J connectivity index is 2.61. The summed E-state index contributed by atoms with van der Waals surface area (Å²) in [4.78, 5) is 5.94. The number of hydrogen-bond acceptors (Lipinski definition) is 3. The van der Waals surface area contributed by atoms with Gasteiger partial charge >= 0.3 is 0 Å². The summed E-state index contributed by atoms with van der Waals surface area (Å²) in [6, 6.07) is 6.10. The van der Waals surface area contributed by atoms with Crippen molar-refractivity contribution in [1.82, 2.24) is 9.55 Å². The van der Waals surface area contributed by atoms with Crippen LogP contribution in [0.25, 0.3) is 5.69 Å². The average Bonchev–Trinajstić information content (AvgIpc) is 2.86. The molecule has 1 aromatic carbocycles. The van der Waals surface area contributed by atoms with Gasteiger partial charge in [-0.25, -0.2) is 4.98 Å². The number of thioether (sulfide) groups is 1. The van der Waals surface area contributed by atoms with Gasteiger partial charge in [0.2, 0.25) is 0 Å². The van der Waals surface area contributed by atoms with Crippen LogP contribution in [0, 0.1) is 0 Å². The lowest BCUT2D eigenvalue weighted by molar-refractivity contribution is 0.807. The van der Waals surface area contributed by atoms with Gasteiger partial charge in [-0.15, -0.1) is 11.8 Å². The minimum atomic E-state index is 0.427. The summed E-state index contributed by atoms with van der Waals surface area (Å²) in [5.41, 5.74) is 7.85. The second-order valence-corrected chi connectivity index (χ2v) is 5.47.